The second-order valence-corrected chi connectivity index (χ2v) is 8.87. The molecule has 0 fully saturated rings. The molecular formula is C25H27NO8S. The Hall–Kier alpha value is -4.05. The molecule has 0 aliphatic heterocycles. The Morgan fingerprint density at radius 1 is 0.714 bits per heavy atom. The molecule has 0 radical (unpaired) electrons. The fourth-order valence-corrected chi connectivity index (χ4v) is 4.41. The highest BCUT2D eigenvalue weighted by Crippen LogP contribution is 2.39. The number of rotatable bonds is 10. The fourth-order valence-electron chi connectivity index (χ4n) is 3.33. The monoisotopic (exact) mass is 501 g/mol. The fraction of sp³-hybridized carbons (Fsp3) is 0.200. The van der Waals surface area contributed by atoms with E-state index in [0.717, 1.165) is 5.56 Å². The van der Waals surface area contributed by atoms with Crippen molar-refractivity contribution in [1.82, 2.24) is 0 Å². The molecule has 3 aromatic carbocycles. The summed E-state index contributed by atoms with van der Waals surface area (Å²) in [6.07, 6.45) is 3.49. The first-order chi connectivity index (χ1) is 16.8. The van der Waals surface area contributed by atoms with Crippen molar-refractivity contribution in [3.05, 3.63) is 59.7 Å². The number of sulfonamides is 1. The molecule has 2 N–H and O–H groups in total. The molecule has 0 spiro atoms. The lowest BCUT2D eigenvalue weighted by Gasteiger charge is -2.15. The number of aromatic hydroxyl groups is 1. The lowest BCUT2D eigenvalue weighted by molar-refractivity contribution is 0.324. The molecule has 3 aromatic rings. The number of hydrogen-bond acceptors (Lipinski definition) is 8. The van der Waals surface area contributed by atoms with Gasteiger partial charge in [0.05, 0.1) is 46.1 Å². The molecule has 0 atom stereocenters. The van der Waals surface area contributed by atoms with E-state index in [4.69, 9.17) is 23.7 Å². The predicted octanol–water partition coefficient (Wildman–Crippen LogP) is 4.41. The Morgan fingerprint density at radius 2 is 1.26 bits per heavy atom. The minimum Gasteiger partial charge on any atom is -0.508 e. The largest absolute Gasteiger partial charge is 0.508 e. The number of phenolic OH excluding ortho intramolecular Hbond substituents is 1. The van der Waals surface area contributed by atoms with Gasteiger partial charge >= 0.3 is 0 Å². The third-order valence-corrected chi connectivity index (χ3v) is 6.47. The normalized spacial score (nSPS) is 11.2. The van der Waals surface area contributed by atoms with Crippen LogP contribution in [-0.2, 0) is 10.0 Å². The topological polar surface area (TPSA) is 113 Å². The predicted molar refractivity (Wildman–Crippen MR) is 133 cm³/mol. The van der Waals surface area contributed by atoms with Gasteiger partial charge in [0.15, 0.2) is 23.0 Å². The van der Waals surface area contributed by atoms with Gasteiger partial charge in [-0.1, -0.05) is 12.2 Å². The lowest BCUT2D eigenvalue weighted by Crippen LogP contribution is -2.14. The Bertz CT molecular complexity index is 1290. The molecule has 35 heavy (non-hydrogen) atoms. The van der Waals surface area contributed by atoms with Crippen LogP contribution in [0.15, 0.2) is 53.4 Å². The molecule has 0 bridgehead atoms. The molecule has 186 valence electrons. The summed E-state index contributed by atoms with van der Waals surface area (Å²) in [6, 6.07) is 11.9. The van der Waals surface area contributed by atoms with Gasteiger partial charge in [-0.15, -0.1) is 0 Å². The van der Waals surface area contributed by atoms with E-state index in [9.17, 15) is 13.5 Å². The summed E-state index contributed by atoms with van der Waals surface area (Å²) in [5, 5.41) is 9.49. The Labute approximate surface area is 204 Å². The number of benzene rings is 3. The zero-order valence-electron chi connectivity index (χ0n) is 20.0. The SMILES string of the molecule is COc1cc(/C=C\c2cc(OC)c(OC)c(OC)c2)c(NS(=O)(=O)c2ccc(O)cc2)cc1OC. The molecule has 10 heteroatoms. The van der Waals surface area contributed by atoms with E-state index in [2.05, 4.69) is 4.72 Å². The highest BCUT2D eigenvalue weighted by atomic mass is 32.2. The van der Waals surface area contributed by atoms with Gasteiger partial charge in [0.1, 0.15) is 5.75 Å². The van der Waals surface area contributed by atoms with E-state index in [1.807, 2.05) is 0 Å². The van der Waals surface area contributed by atoms with Crippen molar-refractivity contribution in [1.29, 1.82) is 0 Å². The van der Waals surface area contributed by atoms with E-state index in [-0.39, 0.29) is 16.3 Å². The highest BCUT2D eigenvalue weighted by molar-refractivity contribution is 7.92. The number of methoxy groups -OCH3 is 5. The van der Waals surface area contributed by atoms with Crippen LogP contribution < -0.4 is 28.4 Å². The summed E-state index contributed by atoms with van der Waals surface area (Å²) in [5.41, 5.74) is 1.50. The maximum absolute atomic E-state index is 13.0. The summed E-state index contributed by atoms with van der Waals surface area (Å²) < 4.78 is 55.5. The van der Waals surface area contributed by atoms with Crippen LogP contribution in [0.1, 0.15) is 11.1 Å². The molecule has 0 unspecified atom stereocenters. The van der Waals surface area contributed by atoms with E-state index < -0.39 is 10.0 Å². The molecule has 9 nitrogen and oxygen atoms in total. The maximum atomic E-state index is 13.0. The second kappa shape index (κ2) is 10.9. The lowest BCUT2D eigenvalue weighted by atomic mass is 10.1. The first kappa shape index (κ1) is 25.6. The van der Waals surface area contributed by atoms with Gasteiger partial charge < -0.3 is 28.8 Å². The van der Waals surface area contributed by atoms with E-state index >= 15 is 0 Å². The maximum Gasteiger partial charge on any atom is 0.261 e. The van der Waals surface area contributed by atoms with Gasteiger partial charge in [0.2, 0.25) is 5.75 Å². The van der Waals surface area contributed by atoms with Crippen LogP contribution >= 0.6 is 0 Å². The summed E-state index contributed by atoms with van der Waals surface area (Å²) in [4.78, 5) is -0.00959. The van der Waals surface area contributed by atoms with Gasteiger partial charge in [-0.2, -0.15) is 0 Å². The van der Waals surface area contributed by atoms with Gasteiger partial charge in [0, 0.05) is 11.6 Å². The molecule has 0 amide bonds. The Kier molecular flexibility index (Phi) is 7.98. The van der Waals surface area contributed by atoms with Crippen molar-refractivity contribution >= 4 is 27.9 Å². The standard InChI is InChI=1S/C25H27NO8S/c1-30-21-14-17(7-6-16-12-23(32-3)25(34-5)24(13-16)33-4)20(15-22(21)31-2)26-35(28,29)19-10-8-18(27)9-11-19/h6-15,26-27H,1-5H3/b7-6-. The molecule has 0 aliphatic rings. The van der Waals surface area contributed by atoms with Crippen LogP contribution in [0.3, 0.4) is 0 Å². The third kappa shape index (κ3) is 5.72. The van der Waals surface area contributed by atoms with E-state index in [1.54, 1.807) is 30.4 Å². The zero-order valence-corrected chi connectivity index (χ0v) is 20.8. The molecular weight excluding hydrogens is 474 g/mol. The van der Waals surface area contributed by atoms with Gasteiger partial charge in [-0.05, 0) is 48.0 Å². The molecule has 0 saturated carbocycles. The smallest absolute Gasteiger partial charge is 0.261 e. The van der Waals surface area contributed by atoms with Crippen molar-refractivity contribution in [3.8, 4) is 34.5 Å². The van der Waals surface area contributed by atoms with Crippen LogP contribution in [0.5, 0.6) is 34.5 Å². The van der Waals surface area contributed by atoms with Gasteiger partial charge in [-0.25, -0.2) is 8.42 Å². The molecule has 0 heterocycles. The summed E-state index contributed by atoms with van der Waals surface area (Å²) in [7, 11) is 3.56. The Morgan fingerprint density at radius 3 is 1.77 bits per heavy atom. The highest BCUT2D eigenvalue weighted by Gasteiger charge is 2.18. The molecule has 0 aromatic heterocycles. The second-order valence-electron chi connectivity index (χ2n) is 7.19. The number of phenols is 1. The first-order valence-electron chi connectivity index (χ1n) is 10.3. The summed E-state index contributed by atoms with van der Waals surface area (Å²) in [5.74, 6) is 2.15. The van der Waals surface area contributed by atoms with Crippen molar-refractivity contribution in [2.75, 3.05) is 40.3 Å². The molecule has 3 rings (SSSR count). The van der Waals surface area contributed by atoms with Crippen molar-refractivity contribution in [3.63, 3.8) is 0 Å². The number of hydrogen-bond donors (Lipinski definition) is 2. The first-order valence-corrected chi connectivity index (χ1v) is 11.8. The summed E-state index contributed by atoms with van der Waals surface area (Å²) in [6.45, 7) is 0. The van der Waals surface area contributed by atoms with Gasteiger partial charge in [0.25, 0.3) is 10.0 Å². The van der Waals surface area contributed by atoms with E-state index in [0.29, 0.717) is 34.3 Å². The minimum atomic E-state index is -3.96. The Balaban J connectivity index is 2.08. The number of nitrogens with one attached hydrogen (secondary N) is 1. The number of anilines is 1. The van der Waals surface area contributed by atoms with Crippen LogP contribution in [-0.4, -0.2) is 49.1 Å². The molecule has 0 aliphatic carbocycles. The van der Waals surface area contributed by atoms with Crippen LogP contribution in [0.4, 0.5) is 5.69 Å². The summed E-state index contributed by atoms with van der Waals surface area (Å²) >= 11 is 0. The number of ether oxygens (including phenoxy) is 5. The minimum absolute atomic E-state index is 0.00959. The zero-order chi connectivity index (χ0) is 25.6. The van der Waals surface area contributed by atoms with Gasteiger partial charge in [-0.3, -0.25) is 4.72 Å². The van der Waals surface area contributed by atoms with Crippen LogP contribution in [0.2, 0.25) is 0 Å². The average molecular weight is 502 g/mol. The third-order valence-electron chi connectivity index (χ3n) is 5.09. The van der Waals surface area contributed by atoms with Crippen molar-refractivity contribution in [2.45, 2.75) is 4.90 Å². The van der Waals surface area contributed by atoms with Crippen LogP contribution in [0, 0.1) is 0 Å². The van der Waals surface area contributed by atoms with Crippen LogP contribution in [0.25, 0.3) is 12.2 Å². The molecule has 0 saturated heterocycles. The van der Waals surface area contributed by atoms with Crippen molar-refractivity contribution in [2.24, 2.45) is 0 Å². The van der Waals surface area contributed by atoms with Crippen molar-refractivity contribution < 1.29 is 37.2 Å². The van der Waals surface area contributed by atoms with E-state index in [1.165, 1.54) is 65.9 Å². The average Bonchev–Trinajstić information content (AvgIpc) is 2.86. The quantitative estimate of drug-likeness (QED) is 0.393.